The normalized spacial score (nSPS) is 11.0. The summed E-state index contributed by atoms with van der Waals surface area (Å²) < 4.78 is 1.85. The largest absolute Gasteiger partial charge is 0.381 e. The third kappa shape index (κ3) is 2.03. The van der Waals surface area contributed by atoms with Gasteiger partial charge in [-0.25, -0.2) is 4.68 Å². The van der Waals surface area contributed by atoms with Gasteiger partial charge in [0.15, 0.2) is 5.82 Å². The Labute approximate surface area is 111 Å². The molecule has 5 heteroatoms. The standard InChI is InChI=1S/C14H15N5/c1-2-12-14(15)17-18-19(12)9-11-6-3-5-10-7-4-8-16-13(10)11/h3-8H,2,9,15H2,1H3. The summed E-state index contributed by atoms with van der Waals surface area (Å²) in [6.45, 7) is 2.69. The lowest BCUT2D eigenvalue weighted by Crippen LogP contribution is -2.07. The summed E-state index contributed by atoms with van der Waals surface area (Å²) in [4.78, 5) is 4.45. The third-order valence-corrected chi connectivity index (χ3v) is 3.24. The van der Waals surface area contributed by atoms with Gasteiger partial charge in [0, 0.05) is 11.6 Å². The van der Waals surface area contributed by atoms with Crippen LogP contribution in [0.4, 0.5) is 5.82 Å². The predicted octanol–water partition coefficient (Wildman–Crippen LogP) is 2.02. The monoisotopic (exact) mass is 253 g/mol. The zero-order chi connectivity index (χ0) is 13.2. The second kappa shape index (κ2) is 4.68. The van der Waals surface area contributed by atoms with Crippen LogP contribution in [-0.4, -0.2) is 20.0 Å². The predicted molar refractivity (Wildman–Crippen MR) is 74.7 cm³/mol. The lowest BCUT2D eigenvalue weighted by molar-refractivity contribution is 0.624. The Morgan fingerprint density at radius 3 is 2.89 bits per heavy atom. The number of fused-ring (bicyclic) bond motifs is 1. The number of rotatable bonds is 3. The molecule has 0 fully saturated rings. The summed E-state index contributed by atoms with van der Waals surface area (Å²) in [6, 6.07) is 10.2. The van der Waals surface area contributed by atoms with Gasteiger partial charge in [-0.15, -0.1) is 5.10 Å². The number of hydrogen-bond donors (Lipinski definition) is 1. The molecule has 0 radical (unpaired) electrons. The Balaban J connectivity index is 2.06. The first kappa shape index (κ1) is 11.6. The molecule has 2 N–H and O–H groups in total. The highest BCUT2D eigenvalue weighted by Gasteiger charge is 2.10. The van der Waals surface area contributed by atoms with Crippen molar-refractivity contribution in [1.29, 1.82) is 0 Å². The molecule has 0 bridgehead atoms. The molecule has 19 heavy (non-hydrogen) atoms. The number of benzene rings is 1. The summed E-state index contributed by atoms with van der Waals surface area (Å²) in [5.74, 6) is 0.510. The number of anilines is 1. The van der Waals surface area contributed by atoms with E-state index in [1.807, 2.05) is 29.9 Å². The van der Waals surface area contributed by atoms with Crippen LogP contribution in [0.1, 0.15) is 18.2 Å². The van der Waals surface area contributed by atoms with E-state index < -0.39 is 0 Å². The van der Waals surface area contributed by atoms with Gasteiger partial charge in [-0.05, 0) is 18.1 Å². The maximum absolute atomic E-state index is 5.81. The molecule has 0 saturated heterocycles. The molecular formula is C14H15N5. The quantitative estimate of drug-likeness (QED) is 0.775. The van der Waals surface area contributed by atoms with Crippen LogP contribution in [0, 0.1) is 0 Å². The Bertz CT molecular complexity index is 711. The molecule has 3 rings (SSSR count). The minimum absolute atomic E-state index is 0.510. The van der Waals surface area contributed by atoms with Gasteiger partial charge in [0.2, 0.25) is 0 Å². The molecule has 0 aliphatic carbocycles. The molecule has 2 aromatic heterocycles. The number of pyridine rings is 1. The number of hydrogen-bond acceptors (Lipinski definition) is 4. The first-order valence-electron chi connectivity index (χ1n) is 6.30. The maximum Gasteiger partial charge on any atom is 0.169 e. The molecule has 0 amide bonds. The fourth-order valence-electron chi connectivity index (χ4n) is 2.29. The van der Waals surface area contributed by atoms with Crippen LogP contribution in [0.5, 0.6) is 0 Å². The average Bonchev–Trinajstić information content (AvgIpc) is 2.79. The average molecular weight is 253 g/mol. The number of para-hydroxylation sites is 1. The number of nitrogens with zero attached hydrogens (tertiary/aromatic N) is 4. The smallest absolute Gasteiger partial charge is 0.169 e. The van der Waals surface area contributed by atoms with Gasteiger partial charge in [0.25, 0.3) is 0 Å². The first-order chi connectivity index (χ1) is 9.29. The maximum atomic E-state index is 5.81. The zero-order valence-corrected chi connectivity index (χ0v) is 10.7. The molecule has 0 unspecified atom stereocenters. The summed E-state index contributed by atoms with van der Waals surface area (Å²) in [5.41, 5.74) is 8.90. The van der Waals surface area contributed by atoms with Crippen molar-refractivity contribution in [2.45, 2.75) is 19.9 Å². The molecule has 96 valence electrons. The van der Waals surface area contributed by atoms with E-state index in [1.54, 1.807) is 0 Å². The van der Waals surface area contributed by atoms with Crippen molar-refractivity contribution in [2.75, 3.05) is 5.73 Å². The van der Waals surface area contributed by atoms with Gasteiger partial charge in [-0.2, -0.15) is 0 Å². The van der Waals surface area contributed by atoms with E-state index in [1.165, 1.54) is 0 Å². The summed E-state index contributed by atoms with van der Waals surface area (Å²) in [5, 5.41) is 9.17. The molecule has 0 spiro atoms. The topological polar surface area (TPSA) is 69.6 Å². The van der Waals surface area contributed by atoms with Crippen LogP contribution >= 0.6 is 0 Å². The fourth-order valence-corrected chi connectivity index (χ4v) is 2.29. The fraction of sp³-hybridized carbons (Fsp3) is 0.214. The third-order valence-electron chi connectivity index (χ3n) is 3.24. The van der Waals surface area contributed by atoms with Gasteiger partial charge in [0.1, 0.15) is 0 Å². The van der Waals surface area contributed by atoms with Crippen LogP contribution in [-0.2, 0) is 13.0 Å². The van der Waals surface area contributed by atoms with E-state index in [0.29, 0.717) is 12.4 Å². The molecule has 3 aromatic rings. The van der Waals surface area contributed by atoms with E-state index in [2.05, 4.69) is 33.5 Å². The van der Waals surface area contributed by atoms with Crippen LogP contribution in [0.3, 0.4) is 0 Å². The summed E-state index contributed by atoms with van der Waals surface area (Å²) in [6.07, 6.45) is 2.62. The van der Waals surface area contributed by atoms with Crippen molar-refractivity contribution in [2.24, 2.45) is 0 Å². The van der Waals surface area contributed by atoms with Gasteiger partial charge < -0.3 is 5.73 Å². The number of aromatic nitrogens is 4. The van der Waals surface area contributed by atoms with Crippen LogP contribution in [0.25, 0.3) is 10.9 Å². The van der Waals surface area contributed by atoms with Crippen LogP contribution < -0.4 is 5.73 Å². The summed E-state index contributed by atoms with van der Waals surface area (Å²) >= 11 is 0. The number of nitrogens with two attached hydrogens (primary N) is 1. The molecule has 0 saturated carbocycles. The van der Waals surface area contributed by atoms with E-state index in [0.717, 1.165) is 28.6 Å². The highest BCUT2D eigenvalue weighted by Crippen LogP contribution is 2.18. The minimum Gasteiger partial charge on any atom is -0.381 e. The molecule has 0 aliphatic heterocycles. The highest BCUT2D eigenvalue weighted by molar-refractivity contribution is 5.81. The Morgan fingerprint density at radius 2 is 2.05 bits per heavy atom. The highest BCUT2D eigenvalue weighted by atomic mass is 15.4. The van der Waals surface area contributed by atoms with Crippen molar-refractivity contribution in [3.05, 3.63) is 47.8 Å². The molecule has 2 heterocycles. The SMILES string of the molecule is CCc1c(N)nnn1Cc1cccc2cccnc12. The Kier molecular flexibility index (Phi) is 2.87. The molecule has 0 atom stereocenters. The van der Waals surface area contributed by atoms with E-state index in [-0.39, 0.29) is 0 Å². The second-order valence-corrected chi connectivity index (χ2v) is 4.42. The minimum atomic E-state index is 0.510. The lowest BCUT2D eigenvalue weighted by atomic mass is 10.1. The molecule has 5 nitrogen and oxygen atoms in total. The van der Waals surface area contributed by atoms with E-state index in [9.17, 15) is 0 Å². The first-order valence-corrected chi connectivity index (χ1v) is 6.30. The molecule has 0 aliphatic rings. The lowest BCUT2D eigenvalue weighted by Gasteiger charge is -2.07. The van der Waals surface area contributed by atoms with Gasteiger partial charge >= 0.3 is 0 Å². The van der Waals surface area contributed by atoms with Crippen LogP contribution in [0.15, 0.2) is 36.5 Å². The van der Waals surface area contributed by atoms with E-state index >= 15 is 0 Å². The zero-order valence-electron chi connectivity index (χ0n) is 10.7. The van der Waals surface area contributed by atoms with Gasteiger partial charge in [0.05, 0.1) is 17.8 Å². The molecular weight excluding hydrogens is 238 g/mol. The van der Waals surface area contributed by atoms with Gasteiger partial charge in [-0.1, -0.05) is 36.4 Å². The number of nitrogen functional groups attached to an aromatic ring is 1. The van der Waals surface area contributed by atoms with E-state index in [4.69, 9.17) is 5.73 Å². The van der Waals surface area contributed by atoms with Gasteiger partial charge in [-0.3, -0.25) is 4.98 Å². The summed E-state index contributed by atoms with van der Waals surface area (Å²) in [7, 11) is 0. The van der Waals surface area contributed by atoms with Crippen LogP contribution in [0.2, 0.25) is 0 Å². The van der Waals surface area contributed by atoms with Crippen molar-refractivity contribution < 1.29 is 0 Å². The molecule has 1 aromatic carbocycles. The van der Waals surface area contributed by atoms with Crippen molar-refractivity contribution in [3.8, 4) is 0 Å². The van der Waals surface area contributed by atoms with Crippen molar-refractivity contribution >= 4 is 16.7 Å². The second-order valence-electron chi connectivity index (χ2n) is 4.42. The van der Waals surface area contributed by atoms with Crippen molar-refractivity contribution in [3.63, 3.8) is 0 Å². The van der Waals surface area contributed by atoms with Crippen molar-refractivity contribution in [1.82, 2.24) is 20.0 Å². The Hall–Kier alpha value is -2.43. The Morgan fingerprint density at radius 1 is 1.21 bits per heavy atom.